The van der Waals surface area contributed by atoms with Crippen molar-refractivity contribution in [3.05, 3.63) is 46.5 Å². The second kappa shape index (κ2) is 15.6. The lowest BCUT2D eigenvalue weighted by Gasteiger charge is -2.36. The maximum Gasteiger partial charge on any atom is 0.276 e. The van der Waals surface area contributed by atoms with Crippen molar-refractivity contribution >= 4 is 23.5 Å². The van der Waals surface area contributed by atoms with E-state index in [1.807, 2.05) is 13.8 Å². The van der Waals surface area contributed by atoms with Crippen LogP contribution in [0.15, 0.2) is 22.8 Å². The van der Waals surface area contributed by atoms with Crippen LogP contribution in [0.5, 0.6) is 0 Å². The molecule has 4 atom stereocenters. The third-order valence-corrected chi connectivity index (χ3v) is 9.32. The van der Waals surface area contributed by atoms with E-state index in [2.05, 4.69) is 33.2 Å². The number of carbonyl (C=O) groups is 4. The quantitative estimate of drug-likeness (QED) is 0.325. The van der Waals surface area contributed by atoms with Crippen molar-refractivity contribution in [1.82, 2.24) is 31.2 Å². The Morgan fingerprint density at radius 3 is 2.47 bits per heavy atom. The Balaban J connectivity index is 1.52. The summed E-state index contributed by atoms with van der Waals surface area (Å²) in [5.41, 5.74) is 1.20. The number of piperazine rings is 1. The number of hydrogen-bond acceptors (Lipinski definition) is 8. The molecule has 3 N–H and O–H groups in total. The highest BCUT2D eigenvalue weighted by Crippen LogP contribution is 2.32. The van der Waals surface area contributed by atoms with Crippen LogP contribution in [0.4, 0.5) is 4.39 Å². The molecule has 12 heteroatoms. The van der Waals surface area contributed by atoms with Crippen molar-refractivity contribution in [2.24, 2.45) is 11.8 Å². The number of amides is 3. The van der Waals surface area contributed by atoms with E-state index in [1.54, 1.807) is 30.9 Å². The second-order valence-corrected chi connectivity index (χ2v) is 12.7. The molecule has 3 amide bonds. The van der Waals surface area contributed by atoms with Crippen LogP contribution in [-0.4, -0.2) is 76.5 Å². The van der Waals surface area contributed by atoms with Crippen molar-refractivity contribution in [3.8, 4) is 0 Å². The van der Waals surface area contributed by atoms with Gasteiger partial charge in [-0.15, -0.1) is 0 Å². The average molecular weight is 627 g/mol. The molecule has 11 nitrogen and oxygen atoms in total. The van der Waals surface area contributed by atoms with Gasteiger partial charge in [-0.1, -0.05) is 57.8 Å². The Hall–Kier alpha value is -3.67. The summed E-state index contributed by atoms with van der Waals surface area (Å²) >= 11 is 0. The van der Waals surface area contributed by atoms with Gasteiger partial charge in [-0.25, -0.2) is 9.02 Å². The minimum absolute atomic E-state index is 0.0542. The fraction of sp³-hybridized carbons (Fsp3) is 0.636. The molecule has 2 aliphatic rings. The highest BCUT2D eigenvalue weighted by Gasteiger charge is 2.35. The molecule has 2 heterocycles. The van der Waals surface area contributed by atoms with Gasteiger partial charge < -0.3 is 20.9 Å². The summed E-state index contributed by atoms with van der Waals surface area (Å²) in [7, 11) is 0. The Kier molecular flexibility index (Phi) is 11.8. The minimum Gasteiger partial charge on any atom is -0.344 e. The number of ketones is 1. The van der Waals surface area contributed by atoms with E-state index in [9.17, 15) is 19.2 Å². The number of Topliss-reactive ketones (excluding diaryl/α,β-unsaturated/α-hetero) is 1. The van der Waals surface area contributed by atoms with E-state index in [1.165, 1.54) is 6.07 Å². The Bertz CT molecular complexity index is 1360. The maximum atomic E-state index is 15.7. The lowest BCUT2D eigenvalue weighted by molar-refractivity contribution is -0.138. The zero-order valence-electron chi connectivity index (χ0n) is 27.0. The summed E-state index contributed by atoms with van der Waals surface area (Å²) in [6, 6.07) is 3.07. The molecule has 2 fully saturated rings. The summed E-state index contributed by atoms with van der Waals surface area (Å²) < 4.78 is 20.4. The molecule has 0 spiro atoms. The van der Waals surface area contributed by atoms with Crippen LogP contribution in [-0.2, 0) is 27.2 Å². The molecule has 45 heavy (non-hydrogen) atoms. The maximum absolute atomic E-state index is 15.7. The van der Waals surface area contributed by atoms with Crippen LogP contribution in [0.2, 0.25) is 0 Å². The molecule has 1 aliphatic heterocycles. The first kappa shape index (κ1) is 34.2. The number of rotatable bonds is 12. The molecule has 1 aromatic heterocycles. The molecule has 1 saturated carbocycles. The topological polar surface area (TPSA) is 147 Å². The summed E-state index contributed by atoms with van der Waals surface area (Å²) in [6.07, 6.45) is 3.90. The molecule has 4 rings (SSSR count). The van der Waals surface area contributed by atoms with Crippen molar-refractivity contribution < 1.29 is 28.2 Å². The highest BCUT2D eigenvalue weighted by atomic mass is 19.1. The lowest BCUT2D eigenvalue weighted by atomic mass is 9.77. The predicted molar refractivity (Wildman–Crippen MR) is 166 cm³/mol. The summed E-state index contributed by atoms with van der Waals surface area (Å²) in [5, 5.41) is 16.5. The second-order valence-electron chi connectivity index (χ2n) is 12.7. The molecule has 0 unspecified atom stereocenters. The minimum atomic E-state index is -0.859. The Morgan fingerprint density at radius 2 is 1.82 bits per heavy atom. The van der Waals surface area contributed by atoms with Crippen LogP contribution < -0.4 is 16.0 Å². The largest absolute Gasteiger partial charge is 0.344 e. The van der Waals surface area contributed by atoms with Crippen LogP contribution in [0.1, 0.15) is 99.9 Å². The van der Waals surface area contributed by atoms with Gasteiger partial charge in [0.25, 0.3) is 5.91 Å². The standard InChI is InChI=1S/C33H47FN6O5/c1-6-26-31(39-45-38-26)32(43)37-30(22-10-8-19(3)9-11-22)27(41)17-24-13-12-23(16-25(24)34)21(5)29(36-28(42)7-2)33(44)40-15-14-35-20(4)18-40/h12-13,16,19-22,29-30,35H,6-11,14-15,17-18H2,1-5H3,(H,36,42)(H,37,43)/t19?,20-,21+,22?,29-,30+/m1/s1. The number of hydrogen-bond donors (Lipinski definition) is 3. The third kappa shape index (κ3) is 8.53. The zero-order valence-corrected chi connectivity index (χ0v) is 27.0. The number of nitrogens with one attached hydrogen (secondary N) is 3. The van der Waals surface area contributed by atoms with Gasteiger partial charge in [0, 0.05) is 44.4 Å². The van der Waals surface area contributed by atoms with Crippen LogP contribution in [0.25, 0.3) is 0 Å². The fourth-order valence-electron chi connectivity index (χ4n) is 6.39. The van der Waals surface area contributed by atoms with E-state index in [0.29, 0.717) is 43.2 Å². The molecular formula is C33H47FN6O5. The van der Waals surface area contributed by atoms with Gasteiger partial charge in [0.1, 0.15) is 17.6 Å². The monoisotopic (exact) mass is 626 g/mol. The molecule has 2 aromatic rings. The first-order valence-corrected chi connectivity index (χ1v) is 16.3. The summed E-state index contributed by atoms with van der Waals surface area (Å²) in [6.45, 7) is 11.2. The first-order valence-electron chi connectivity index (χ1n) is 16.3. The predicted octanol–water partition coefficient (Wildman–Crippen LogP) is 3.33. The average Bonchev–Trinajstić information content (AvgIpc) is 3.52. The van der Waals surface area contributed by atoms with Gasteiger partial charge in [-0.3, -0.25) is 19.2 Å². The van der Waals surface area contributed by atoms with Gasteiger partial charge >= 0.3 is 0 Å². The van der Waals surface area contributed by atoms with Crippen molar-refractivity contribution in [2.75, 3.05) is 19.6 Å². The van der Waals surface area contributed by atoms with Crippen LogP contribution in [0, 0.1) is 17.7 Å². The number of benzene rings is 1. The number of halogens is 1. The van der Waals surface area contributed by atoms with E-state index < -0.39 is 29.7 Å². The lowest BCUT2D eigenvalue weighted by Crippen LogP contribution is -2.57. The first-order chi connectivity index (χ1) is 21.5. The van der Waals surface area contributed by atoms with Gasteiger partial charge in [0.15, 0.2) is 11.5 Å². The molecule has 1 aliphatic carbocycles. The Morgan fingerprint density at radius 1 is 1.09 bits per heavy atom. The molecule has 0 radical (unpaired) electrons. The normalized spacial score (nSPS) is 22.3. The SMILES string of the molecule is CCC(=O)N[C@@H](C(=O)N1CCN[C@H](C)C1)[C@@H](C)c1ccc(CC(=O)[C@@H](NC(=O)c2nonc2CC)C2CCC(C)CC2)c(F)c1. The smallest absolute Gasteiger partial charge is 0.276 e. The van der Waals surface area contributed by atoms with Crippen molar-refractivity contribution in [2.45, 2.75) is 104 Å². The van der Waals surface area contributed by atoms with E-state index in [0.717, 1.165) is 25.7 Å². The zero-order chi connectivity index (χ0) is 32.7. The number of carbonyl (C=O) groups excluding carboxylic acids is 4. The fourth-order valence-corrected chi connectivity index (χ4v) is 6.39. The number of aryl methyl sites for hydroxylation is 1. The highest BCUT2D eigenvalue weighted by molar-refractivity contribution is 5.97. The van der Waals surface area contributed by atoms with Gasteiger partial charge in [0.05, 0.1) is 6.04 Å². The van der Waals surface area contributed by atoms with E-state index in [-0.39, 0.29) is 53.7 Å². The Labute approximate surface area is 264 Å². The van der Waals surface area contributed by atoms with Crippen molar-refractivity contribution in [3.63, 3.8) is 0 Å². The summed E-state index contributed by atoms with van der Waals surface area (Å²) in [5.74, 6) is -1.91. The molecule has 1 saturated heterocycles. The van der Waals surface area contributed by atoms with Gasteiger partial charge in [0.2, 0.25) is 11.8 Å². The molecule has 246 valence electrons. The molecule has 1 aromatic carbocycles. The van der Waals surface area contributed by atoms with Crippen LogP contribution in [0.3, 0.4) is 0 Å². The number of aromatic nitrogens is 2. The third-order valence-electron chi connectivity index (χ3n) is 9.32. The van der Waals surface area contributed by atoms with E-state index >= 15 is 4.39 Å². The molecular weight excluding hydrogens is 579 g/mol. The van der Waals surface area contributed by atoms with Gasteiger partial charge in [-0.05, 0) is 60.4 Å². The number of nitrogens with zero attached hydrogens (tertiary/aromatic N) is 3. The van der Waals surface area contributed by atoms with E-state index in [4.69, 9.17) is 4.63 Å². The van der Waals surface area contributed by atoms with Crippen molar-refractivity contribution in [1.29, 1.82) is 0 Å². The van der Waals surface area contributed by atoms with Crippen LogP contribution >= 0.6 is 0 Å². The van der Waals surface area contributed by atoms with Gasteiger partial charge in [-0.2, -0.15) is 0 Å². The summed E-state index contributed by atoms with van der Waals surface area (Å²) in [4.78, 5) is 54.6. The molecule has 0 bridgehead atoms.